The summed E-state index contributed by atoms with van der Waals surface area (Å²) in [6.07, 6.45) is 13.8. The van der Waals surface area contributed by atoms with Gasteiger partial charge in [0.05, 0.1) is 12.1 Å². The Morgan fingerprint density at radius 3 is 2.31 bits per heavy atom. The zero-order valence-corrected chi connectivity index (χ0v) is 27.0. The number of carbonyl (C=O) groups is 1. The van der Waals surface area contributed by atoms with Crippen LogP contribution in [0.3, 0.4) is 0 Å². The van der Waals surface area contributed by atoms with Gasteiger partial charge < -0.3 is 4.90 Å². The molecule has 42 heavy (non-hydrogen) atoms. The Labute approximate surface area is 254 Å². The van der Waals surface area contributed by atoms with Crippen LogP contribution in [0.15, 0.2) is 24.5 Å². The van der Waals surface area contributed by atoms with Crippen LogP contribution in [0.2, 0.25) is 0 Å². The van der Waals surface area contributed by atoms with E-state index in [0.717, 1.165) is 84.9 Å². The van der Waals surface area contributed by atoms with E-state index in [2.05, 4.69) is 42.9 Å². The first-order chi connectivity index (χ1) is 20.3. The summed E-state index contributed by atoms with van der Waals surface area (Å²) in [6.45, 7) is 9.34. The maximum atomic E-state index is 13.5. The van der Waals surface area contributed by atoms with Crippen LogP contribution in [0.5, 0.6) is 0 Å². The molecule has 0 radical (unpaired) electrons. The molecule has 2 saturated heterocycles. The van der Waals surface area contributed by atoms with E-state index in [1.54, 1.807) is 22.4 Å². The average molecular weight is 623 g/mol. The van der Waals surface area contributed by atoms with Crippen molar-refractivity contribution in [1.29, 1.82) is 0 Å². The highest BCUT2D eigenvalue weighted by molar-refractivity contribution is 7.81. The Hall–Kier alpha value is -2.19. The number of carbonyl (C=O) groups excluding carboxylic acids is 1. The van der Waals surface area contributed by atoms with E-state index in [-0.39, 0.29) is 12.1 Å². The van der Waals surface area contributed by atoms with Crippen LogP contribution in [0.4, 0.5) is 4.79 Å². The smallest absolute Gasteiger partial charge is 0.311 e. The molecule has 0 aliphatic carbocycles. The van der Waals surface area contributed by atoms with E-state index in [1.165, 1.54) is 11.3 Å². The van der Waals surface area contributed by atoms with Gasteiger partial charge in [-0.3, -0.25) is 4.98 Å². The van der Waals surface area contributed by atoms with Gasteiger partial charge in [0.2, 0.25) is 0 Å². The molecule has 4 heterocycles. The van der Waals surface area contributed by atoms with Gasteiger partial charge in [0.15, 0.2) is 0 Å². The summed E-state index contributed by atoms with van der Waals surface area (Å²) in [5.41, 5.74) is 0.504. The fourth-order valence-electron chi connectivity index (χ4n) is 6.07. The van der Waals surface area contributed by atoms with Gasteiger partial charge in [0.1, 0.15) is 10.0 Å². The summed E-state index contributed by atoms with van der Waals surface area (Å²) in [6, 6.07) is 2.56. The molecule has 2 fully saturated rings. The summed E-state index contributed by atoms with van der Waals surface area (Å²) < 4.78 is 38.3. The minimum absolute atomic E-state index is 0.291. The molecule has 2 aromatic heterocycles. The van der Waals surface area contributed by atoms with E-state index >= 15 is 0 Å². The lowest BCUT2D eigenvalue weighted by Crippen LogP contribution is -2.51. The highest BCUT2D eigenvalue weighted by Gasteiger charge is 2.49. The number of amides is 2. The minimum Gasteiger partial charge on any atom is -0.311 e. The van der Waals surface area contributed by atoms with Crippen LogP contribution in [0.1, 0.15) is 116 Å². The van der Waals surface area contributed by atoms with Crippen LogP contribution < -0.4 is 0 Å². The Balaban J connectivity index is 1.50. The van der Waals surface area contributed by atoms with Crippen molar-refractivity contribution in [3.8, 4) is 10.6 Å². The van der Waals surface area contributed by atoms with Gasteiger partial charge in [-0.25, -0.2) is 4.79 Å². The maximum Gasteiger partial charge on any atom is 0.437 e. The number of unbranched alkanes of at least 4 members (excludes halogenated alkanes) is 3. The van der Waals surface area contributed by atoms with Crippen molar-refractivity contribution in [3.63, 3.8) is 0 Å². The molecule has 0 aromatic carbocycles. The van der Waals surface area contributed by atoms with Gasteiger partial charge >= 0.3 is 16.4 Å². The minimum atomic E-state index is -4.56. The number of rotatable bonds is 18. The summed E-state index contributed by atoms with van der Waals surface area (Å²) in [4.78, 5) is 19.2. The van der Waals surface area contributed by atoms with Gasteiger partial charge in [0.25, 0.3) is 0 Å². The van der Waals surface area contributed by atoms with Crippen molar-refractivity contribution in [3.05, 3.63) is 29.5 Å². The van der Waals surface area contributed by atoms with Gasteiger partial charge in [-0.15, -0.1) is 14.5 Å². The second-order valence-electron chi connectivity index (χ2n) is 11.4. The van der Waals surface area contributed by atoms with Crippen molar-refractivity contribution < 1.29 is 21.8 Å². The Morgan fingerprint density at radius 2 is 1.67 bits per heavy atom. The maximum absolute atomic E-state index is 13.5. The van der Waals surface area contributed by atoms with E-state index in [0.29, 0.717) is 25.9 Å². The molecule has 11 nitrogen and oxygen atoms in total. The zero-order chi connectivity index (χ0) is 30.2. The first-order valence-corrected chi connectivity index (χ1v) is 17.7. The molecular formula is C29H46N6O5S2. The third-order valence-corrected chi connectivity index (χ3v) is 10.1. The number of aromatic nitrogens is 3. The predicted molar refractivity (Wildman–Crippen MR) is 162 cm³/mol. The molecule has 0 spiro atoms. The molecule has 0 unspecified atom stereocenters. The van der Waals surface area contributed by atoms with E-state index < -0.39 is 22.0 Å². The standard InChI is InChI=1S/C29H46N6O5S2/c1-5-9-17-29(16-8-4,18-10-6-2)34(21-11-7-3)39-42(37,38)40-35-24-12-13-25(33(22-24)28(35)36)27-32-31-26(41-27)23-14-19-30-20-15-23/h14-15,19-20,24-25H,5-13,16-18,21-22H2,1-4H3/t24-,25-/m0/s1. The number of urea groups is 1. The molecule has 13 heteroatoms. The second kappa shape index (κ2) is 15.0. The molecular weight excluding hydrogens is 576 g/mol. The molecule has 2 atom stereocenters. The van der Waals surface area contributed by atoms with Crippen molar-refractivity contribution >= 4 is 27.8 Å². The third-order valence-electron chi connectivity index (χ3n) is 8.28. The quantitative estimate of drug-likeness (QED) is 0.168. The van der Waals surface area contributed by atoms with E-state index in [9.17, 15) is 13.2 Å². The fraction of sp³-hybridized carbons (Fsp3) is 0.724. The average Bonchev–Trinajstić information content (AvgIpc) is 3.57. The monoisotopic (exact) mass is 622 g/mol. The number of nitrogens with zero attached hydrogens (tertiary/aromatic N) is 6. The number of piperidine rings is 1. The molecule has 2 amide bonds. The molecule has 234 valence electrons. The van der Waals surface area contributed by atoms with Gasteiger partial charge in [-0.1, -0.05) is 77.6 Å². The first kappa shape index (κ1) is 32.7. The topological polar surface area (TPSA) is 118 Å². The summed E-state index contributed by atoms with van der Waals surface area (Å²) in [5.74, 6) is 0. The summed E-state index contributed by atoms with van der Waals surface area (Å²) in [7, 11) is -4.56. The molecule has 2 aliphatic rings. The number of hydroxylamine groups is 4. The second-order valence-corrected chi connectivity index (χ2v) is 13.5. The van der Waals surface area contributed by atoms with Crippen molar-refractivity contribution in [2.75, 3.05) is 13.1 Å². The Kier molecular flexibility index (Phi) is 11.7. The molecule has 2 bridgehead atoms. The number of fused-ring (bicyclic) bond motifs is 2. The third kappa shape index (κ3) is 7.65. The van der Waals surface area contributed by atoms with Crippen molar-refractivity contribution in [1.82, 2.24) is 30.2 Å². The number of hydrogen-bond acceptors (Lipinski definition) is 10. The van der Waals surface area contributed by atoms with Crippen LogP contribution in [-0.2, 0) is 19.0 Å². The van der Waals surface area contributed by atoms with Crippen LogP contribution in [0, 0.1) is 0 Å². The molecule has 0 N–H and O–H groups in total. The summed E-state index contributed by atoms with van der Waals surface area (Å²) in [5, 5.41) is 12.8. The lowest BCUT2D eigenvalue weighted by Gasteiger charge is -2.43. The highest BCUT2D eigenvalue weighted by atomic mass is 32.3. The van der Waals surface area contributed by atoms with Crippen LogP contribution in [0.25, 0.3) is 10.6 Å². The van der Waals surface area contributed by atoms with Gasteiger partial charge in [-0.2, -0.15) is 22.8 Å². The predicted octanol–water partition coefficient (Wildman–Crippen LogP) is 6.67. The number of hydrogen-bond donors (Lipinski definition) is 0. The first-order valence-electron chi connectivity index (χ1n) is 15.5. The van der Waals surface area contributed by atoms with Gasteiger partial charge in [0, 0.05) is 36.6 Å². The SMILES string of the molecule is CCCCN(OS(=O)(=O)ON1C(=O)N2C[C@@H]1CC[C@H]2c1nnc(-c2ccncc2)s1)C(CCC)(CCCC)CCCC. The van der Waals surface area contributed by atoms with Crippen LogP contribution in [-0.4, -0.2) is 69.3 Å². The molecule has 2 aliphatic heterocycles. The lowest BCUT2D eigenvalue weighted by atomic mass is 9.82. The van der Waals surface area contributed by atoms with Gasteiger partial charge in [-0.05, 0) is 50.7 Å². The van der Waals surface area contributed by atoms with Crippen LogP contribution >= 0.6 is 11.3 Å². The molecule has 4 rings (SSSR count). The fourth-order valence-corrected chi connectivity index (χ4v) is 7.93. The molecule has 0 saturated carbocycles. The normalized spacial score (nSPS) is 19.3. The Morgan fingerprint density at radius 1 is 0.976 bits per heavy atom. The summed E-state index contributed by atoms with van der Waals surface area (Å²) >= 11 is 1.43. The Bertz CT molecular complexity index is 1240. The van der Waals surface area contributed by atoms with E-state index in [1.807, 2.05) is 12.1 Å². The van der Waals surface area contributed by atoms with Crippen molar-refractivity contribution in [2.24, 2.45) is 0 Å². The van der Waals surface area contributed by atoms with E-state index in [4.69, 9.17) is 8.57 Å². The number of pyridine rings is 1. The van der Waals surface area contributed by atoms with Crippen molar-refractivity contribution in [2.45, 2.75) is 122 Å². The largest absolute Gasteiger partial charge is 0.437 e. The zero-order valence-electron chi connectivity index (χ0n) is 25.4. The highest BCUT2D eigenvalue weighted by Crippen LogP contribution is 2.41. The lowest BCUT2D eigenvalue weighted by molar-refractivity contribution is -0.172. The molecule has 2 aromatic rings.